The number of nitrogens with zero attached hydrogens (tertiary/aromatic N) is 1. The predicted octanol–water partition coefficient (Wildman–Crippen LogP) is 3.23. The van der Waals surface area contributed by atoms with E-state index in [1.807, 2.05) is 30.5 Å². The number of amides is 1. The number of ketones is 1. The summed E-state index contributed by atoms with van der Waals surface area (Å²) < 4.78 is 0. The summed E-state index contributed by atoms with van der Waals surface area (Å²) in [6.07, 6.45) is 2.69. The molecular formula is C16H15NO2S. The van der Waals surface area contributed by atoms with E-state index in [0.717, 1.165) is 17.0 Å². The van der Waals surface area contributed by atoms with Crippen LogP contribution in [0, 0.1) is 0 Å². The highest BCUT2D eigenvalue weighted by Crippen LogP contribution is 2.23. The Kier molecular flexibility index (Phi) is 4.58. The molecule has 102 valence electrons. The summed E-state index contributed by atoms with van der Waals surface area (Å²) in [5, 5.41) is 0. The number of benzene rings is 2. The van der Waals surface area contributed by atoms with E-state index in [1.165, 1.54) is 4.90 Å². The van der Waals surface area contributed by atoms with Gasteiger partial charge in [0.05, 0.1) is 0 Å². The maximum atomic E-state index is 12.5. The standard InChI is InChI=1S/C16H15NO2S/c1-17(11-18)13-9-7-12(8-10-13)16(19)14-5-3-4-6-15(14)20-2/h3-11H,1-2H3. The molecule has 0 saturated heterocycles. The first-order chi connectivity index (χ1) is 9.67. The molecule has 2 rings (SSSR count). The third-order valence-corrected chi connectivity index (χ3v) is 3.84. The average molecular weight is 285 g/mol. The Morgan fingerprint density at radius 3 is 2.35 bits per heavy atom. The molecule has 3 nitrogen and oxygen atoms in total. The zero-order valence-electron chi connectivity index (χ0n) is 11.4. The molecule has 0 spiro atoms. The van der Waals surface area contributed by atoms with Crippen molar-refractivity contribution in [1.82, 2.24) is 0 Å². The van der Waals surface area contributed by atoms with E-state index in [4.69, 9.17) is 0 Å². The summed E-state index contributed by atoms with van der Waals surface area (Å²) >= 11 is 1.55. The molecular weight excluding hydrogens is 270 g/mol. The molecule has 0 fully saturated rings. The van der Waals surface area contributed by atoms with Gasteiger partial charge >= 0.3 is 0 Å². The van der Waals surface area contributed by atoms with Gasteiger partial charge < -0.3 is 4.90 Å². The van der Waals surface area contributed by atoms with Crippen LogP contribution in [-0.4, -0.2) is 25.5 Å². The van der Waals surface area contributed by atoms with Gasteiger partial charge in [-0.05, 0) is 42.7 Å². The third kappa shape index (κ3) is 2.91. The maximum Gasteiger partial charge on any atom is 0.213 e. The molecule has 2 aromatic rings. The number of hydrogen-bond donors (Lipinski definition) is 0. The van der Waals surface area contributed by atoms with Gasteiger partial charge in [-0.1, -0.05) is 12.1 Å². The molecule has 0 N–H and O–H groups in total. The fourth-order valence-electron chi connectivity index (χ4n) is 1.90. The predicted molar refractivity (Wildman–Crippen MR) is 82.6 cm³/mol. The minimum atomic E-state index is -0.00439. The maximum absolute atomic E-state index is 12.5. The van der Waals surface area contributed by atoms with Crippen molar-refractivity contribution in [2.24, 2.45) is 0 Å². The SMILES string of the molecule is CSc1ccccc1C(=O)c1ccc(N(C)C=O)cc1. The lowest BCUT2D eigenvalue weighted by molar-refractivity contribution is -0.107. The smallest absolute Gasteiger partial charge is 0.213 e. The van der Waals surface area contributed by atoms with E-state index in [0.29, 0.717) is 11.1 Å². The van der Waals surface area contributed by atoms with Crippen LogP contribution in [0.3, 0.4) is 0 Å². The molecule has 0 aliphatic rings. The molecule has 20 heavy (non-hydrogen) atoms. The second-order valence-electron chi connectivity index (χ2n) is 4.29. The number of rotatable bonds is 5. The van der Waals surface area contributed by atoms with Crippen molar-refractivity contribution < 1.29 is 9.59 Å². The van der Waals surface area contributed by atoms with Crippen LogP contribution in [0.15, 0.2) is 53.4 Å². The fraction of sp³-hybridized carbons (Fsp3) is 0.125. The summed E-state index contributed by atoms with van der Waals surface area (Å²) in [7, 11) is 1.67. The lowest BCUT2D eigenvalue weighted by Crippen LogP contribution is -2.13. The molecule has 0 aliphatic heterocycles. The molecule has 0 bridgehead atoms. The average Bonchev–Trinajstić information content (AvgIpc) is 2.53. The summed E-state index contributed by atoms with van der Waals surface area (Å²) in [5.41, 5.74) is 2.08. The van der Waals surface area contributed by atoms with Crippen LogP contribution in [0.5, 0.6) is 0 Å². The van der Waals surface area contributed by atoms with Crippen LogP contribution in [0.2, 0.25) is 0 Å². The highest BCUT2D eigenvalue weighted by molar-refractivity contribution is 7.98. The Morgan fingerprint density at radius 1 is 1.10 bits per heavy atom. The molecule has 1 amide bonds. The molecule has 4 heteroatoms. The lowest BCUT2D eigenvalue weighted by atomic mass is 10.0. The summed E-state index contributed by atoms with van der Waals surface area (Å²) in [4.78, 5) is 25.6. The first-order valence-electron chi connectivity index (χ1n) is 6.13. The van der Waals surface area contributed by atoms with Crippen molar-refractivity contribution in [3.05, 3.63) is 59.7 Å². The summed E-state index contributed by atoms with van der Waals surface area (Å²) in [6.45, 7) is 0. The molecule has 0 aliphatic carbocycles. The Morgan fingerprint density at radius 2 is 1.75 bits per heavy atom. The van der Waals surface area contributed by atoms with Crippen molar-refractivity contribution in [3.63, 3.8) is 0 Å². The first kappa shape index (κ1) is 14.3. The van der Waals surface area contributed by atoms with Crippen LogP contribution in [-0.2, 0) is 4.79 Å². The van der Waals surface area contributed by atoms with Gasteiger partial charge in [0.15, 0.2) is 5.78 Å². The van der Waals surface area contributed by atoms with Gasteiger partial charge in [0.2, 0.25) is 6.41 Å². The van der Waals surface area contributed by atoms with E-state index < -0.39 is 0 Å². The van der Waals surface area contributed by atoms with Gasteiger partial charge in [-0.25, -0.2) is 0 Å². The number of anilines is 1. The lowest BCUT2D eigenvalue weighted by Gasteiger charge is -2.11. The normalized spacial score (nSPS) is 10.1. The zero-order chi connectivity index (χ0) is 14.5. The van der Waals surface area contributed by atoms with Gasteiger partial charge in [-0.2, -0.15) is 0 Å². The highest BCUT2D eigenvalue weighted by atomic mass is 32.2. The van der Waals surface area contributed by atoms with Crippen molar-refractivity contribution in [2.45, 2.75) is 4.90 Å². The third-order valence-electron chi connectivity index (χ3n) is 3.05. The van der Waals surface area contributed by atoms with E-state index in [1.54, 1.807) is 43.1 Å². The number of hydrogen-bond acceptors (Lipinski definition) is 3. The Hall–Kier alpha value is -2.07. The Labute approximate surface area is 122 Å². The van der Waals surface area contributed by atoms with Crippen LogP contribution in [0.4, 0.5) is 5.69 Å². The number of carbonyl (C=O) groups is 2. The van der Waals surface area contributed by atoms with Crippen molar-refractivity contribution >= 4 is 29.6 Å². The quantitative estimate of drug-likeness (QED) is 0.481. The van der Waals surface area contributed by atoms with E-state index in [9.17, 15) is 9.59 Å². The Balaban J connectivity index is 2.32. The first-order valence-corrected chi connectivity index (χ1v) is 7.35. The number of carbonyl (C=O) groups excluding carboxylic acids is 2. The second kappa shape index (κ2) is 6.39. The second-order valence-corrected chi connectivity index (χ2v) is 5.14. The largest absolute Gasteiger partial charge is 0.318 e. The van der Waals surface area contributed by atoms with E-state index in [2.05, 4.69) is 0 Å². The molecule has 0 unspecified atom stereocenters. The van der Waals surface area contributed by atoms with E-state index >= 15 is 0 Å². The Bertz CT molecular complexity index is 623. The molecule has 0 radical (unpaired) electrons. The monoisotopic (exact) mass is 285 g/mol. The topological polar surface area (TPSA) is 37.4 Å². The molecule has 2 aromatic carbocycles. The molecule has 0 atom stereocenters. The minimum absolute atomic E-state index is 0.00439. The van der Waals surface area contributed by atoms with Gasteiger partial charge in [0.25, 0.3) is 0 Å². The van der Waals surface area contributed by atoms with Crippen LogP contribution in [0.25, 0.3) is 0 Å². The van der Waals surface area contributed by atoms with Gasteiger partial charge in [-0.15, -0.1) is 11.8 Å². The van der Waals surface area contributed by atoms with Gasteiger partial charge in [-0.3, -0.25) is 9.59 Å². The fourth-order valence-corrected chi connectivity index (χ4v) is 2.49. The van der Waals surface area contributed by atoms with Crippen LogP contribution >= 0.6 is 11.8 Å². The van der Waals surface area contributed by atoms with E-state index in [-0.39, 0.29) is 5.78 Å². The molecule has 0 saturated carbocycles. The van der Waals surface area contributed by atoms with Crippen LogP contribution in [0.1, 0.15) is 15.9 Å². The van der Waals surface area contributed by atoms with Crippen LogP contribution < -0.4 is 4.90 Å². The highest BCUT2D eigenvalue weighted by Gasteiger charge is 2.13. The molecule has 0 aromatic heterocycles. The molecule has 0 heterocycles. The van der Waals surface area contributed by atoms with Crippen molar-refractivity contribution in [3.8, 4) is 0 Å². The van der Waals surface area contributed by atoms with Crippen molar-refractivity contribution in [1.29, 1.82) is 0 Å². The van der Waals surface area contributed by atoms with Gasteiger partial charge in [0, 0.05) is 28.8 Å². The zero-order valence-corrected chi connectivity index (χ0v) is 12.2. The minimum Gasteiger partial charge on any atom is -0.318 e. The summed E-state index contributed by atoms with van der Waals surface area (Å²) in [6, 6.07) is 14.6. The summed E-state index contributed by atoms with van der Waals surface area (Å²) in [5.74, 6) is -0.00439. The van der Waals surface area contributed by atoms with Gasteiger partial charge in [0.1, 0.15) is 0 Å². The number of thioether (sulfide) groups is 1. The van der Waals surface area contributed by atoms with Crippen molar-refractivity contribution in [2.75, 3.05) is 18.2 Å².